The number of likely N-dealkylation sites (tertiary alicyclic amines) is 1. The summed E-state index contributed by atoms with van der Waals surface area (Å²) in [5.74, 6) is -2.25. The van der Waals surface area contributed by atoms with Crippen molar-refractivity contribution >= 4 is 17.9 Å². The van der Waals surface area contributed by atoms with Crippen molar-refractivity contribution in [2.24, 2.45) is 0 Å². The molecule has 4 aliphatic rings. The van der Waals surface area contributed by atoms with Crippen LogP contribution in [0.25, 0.3) is 0 Å². The number of phenols is 1. The Morgan fingerprint density at radius 2 is 2.00 bits per heavy atom. The summed E-state index contributed by atoms with van der Waals surface area (Å²) >= 11 is 0. The second-order valence-electron chi connectivity index (χ2n) is 9.55. The van der Waals surface area contributed by atoms with Crippen LogP contribution in [0, 0.1) is 0 Å². The normalized spacial score (nSPS) is 31.6. The maximum Gasteiger partial charge on any atom is 0.344 e. The summed E-state index contributed by atoms with van der Waals surface area (Å²) in [6, 6.07) is 3.29. The number of nitrogens with zero attached hydrogens (tertiary/aromatic N) is 1. The number of ether oxygens (including phenoxy) is 3. The van der Waals surface area contributed by atoms with Crippen molar-refractivity contribution in [1.29, 1.82) is 0 Å². The third-order valence-corrected chi connectivity index (χ3v) is 7.77. The standard InChI is InChI=1S/C24H27NO9/c1-12(22(29)30)32-17(27)5-6-18(28)33-15-7-8-24(31)16-11-13-3-4-14(26)20-19(13)23(24,21(15)34-20)9-10-25(16)2/h3-4,7,12,16,21,26,31H,5-6,8-11H2,1-2H3,(H,29,30)/t12-,16+,21-,23-,24+/m0/s1. The summed E-state index contributed by atoms with van der Waals surface area (Å²) < 4.78 is 16.6. The molecule has 182 valence electrons. The predicted octanol–water partition coefficient (Wildman–Crippen LogP) is 1.01. The number of aliphatic carboxylic acids is 1. The molecule has 0 saturated carbocycles. The lowest BCUT2D eigenvalue weighted by atomic mass is 9.50. The molecule has 3 N–H and O–H groups in total. The lowest BCUT2D eigenvalue weighted by Gasteiger charge is -2.61. The van der Waals surface area contributed by atoms with Gasteiger partial charge in [0.15, 0.2) is 23.7 Å². The van der Waals surface area contributed by atoms with Crippen molar-refractivity contribution in [2.45, 2.75) is 68.3 Å². The van der Waals surface area contributed by atoms with E-state index in [0.717, 1.165) is 11.1 Å². The summed E-state index contributed by atoms with van der Waals surface area (Å²) in [4.78, 5) is 37.4. The van der Waals surface area contributed by atoms with Crippen molar-refractivity contribution < 1.29 is 43.9 Å². The number of rotatable bonds is 6. The fourth-order valence-electron chi connectivity index (χ4n) is 6.13. The first kappa shape index (κ1) is 22.7. The first-order valence-corrected chi connectivity index (χ1v) is 11.4. The minimum Gasteiger partial charge on any atom is -0.504 e. The van der Waals surface area contributed by atoms with E-state index in [4.69, 9.17) is 19.3 Å². The number of aromatic hydroxyl groups is 1. The van der Waals surface area contributed by atoms with E-state index in [1.165, 1.54) is 6.92 Å². The Kier molecular flexibility index (Phi) is 5.14. The molecule has 1 aromatic carbocycles. The number of aliphatic hydroxyl groups is 1. The maximum atomic E-state index is 12.6. The zero-order valence-electron chi connectivity index (χ0n) is 18.9. The molecule has 34 heavy (non-hydrogen) atoms. The second kappa shape index (κ2) is 7.71. The number of likely N-dealkylation sites (N-methyl/N-ethyl adjacent to an activating group) is 1. The van der Waals surface area contributed by atoms with E-state index >= 15 is 0 Å². The SMILES string of the molecule is C[C@H](OC(=O)CCC(=O)OC1=CC[C@@]2(O)[C@H]3Cc4ccc(O)c5c4[C@@]2(CCN3C)[C@H]1O5)C(=O)O. The third kappa shape index (κ3) is 3.05. The Labute approximate surface area is 195 Å². The van der Waals surface area contributed by atoms with E-state index in [2.05, 4.69) is 4.90 Å². The fraction of sp³-hybridized carbons (Fsp3) is 0.542. The number of hydrogen-bond acceptors (Lipinski definition) is 9. The van der Waals surface area contributed by atoms with Gasteiger partial charge in [0.2, 0.25) is 0 Å². The average molecular weight is 473 g/mol. The molecule has 5 rings (SSSR count). The van der Waals surface area contributed by atoms with Crippen LogP contribution in [0.4, 0.5) is 0 Å². The minimum absolute atomic E-state index is 0.0248. The number of carbonyl (C=O) groups is 3. The van der Waals surface area contributed by atoms with Gasteiger partial charge in [0.1, 0.15) is 5.76 Å². The number of carbonyl (C=O) groups excluding carboxylic acids is 2. The Morgan fingerprint density at radius 1 is 1.26 bits per heavy atom. The van der Waals surface area contributed by atoms with E-state index < -0.39 is 41.1 Å². The summed E-state index contributed by atoms with van der Waals surface area (Å²) in [5, 5.41) is 31.4. The molecule has 2 heterocycles. The molecule has 5 atom stereocenters. The average Bonchev–Trinajstić information content (AvgIpc) is 3.14. The molecule has 1 saturated heterocycles. The summed E-state index contributed by atoms with van der Waals surface area (Å²) in [6.07, 6.45) is 0.337. The zero-order valence-corrected chi connectivity index (χ0v) is 18.9. The monoisotopic (exact) mass is 473 g/mol. The number of phenolic OH excluding ortho intramolecular Hbond substituents is 1. The zero-order chi connectivity index (χ0) is 24.4. The molecule has 0 radical (unpaired) electrons. The molecule has 0 aromatic heterocycles. The Hall–Kier alpha value is -3.11. The van der Waals surface area contributed by atoms with Crippen molar-refractivity contribution in [1.82, 2.24) is 4.90 Å². The highest BCUT2D eigenvalue weighted by Gasteiger charge is 2.72. The van der Waals surface area contributed by atoms with Crippen LogP contribution in [0.2, 0.25) is 0 Å². The van der Waals surface area contributed by atoms with Crippen LogP contribution >= 0.6 is 0 Å². The molecule has 2 aliphatic carbocycles. The number of carboxylic acids is 1. The first-order chi connectivity index (χ1) is 16.1. The van der Waals surface area contributed by atoms with Crippen molar-refractivity contribution in [2.75, 3.05) is 13.6 Å². The van der Waals surface area contributed by atoms with Gasteiger partial charge in [0.25, 0.3) is 0 Å². The topological polar surface area (TPSA) is 143 Å². The van der Waals surface area contributed by atoms with Gasteiger partial charge in [-0.3, -0.25) is 9.59 Å². The fourth-order valence-corrected chi connectivity index (χ4v) is 6.13. The van der Waals surface area contributed by atoms with Gasteiger partial charge in [-0.15, -0.1) is 0 Å². The highest BCUT2D eigenvalue weighted by Crippen LogP contribution is 2.65. The summed E-state index contributed by atoms with van der Waals surface area (Å²) in [6.45, 7) is 1.93. The Morgan fingerprint density at radius 3 is 2.74 bits per heavy atom. The largest absolute Gasteiger partial charge is 0.504 e. The molecular formula is C24H27NO9. The molecule has 0 unspecified atom stereocenters. The van der Waals surface area contributed by atoms with Crippen LogP contribution in [-0.2, 0) is 35.7 Å². The first-order valence-electron chi connectivity index (χ1n) is 11.4. The molecule has 2 bridgehead atoms. The molecule has 2 aliphatic heterocycles. The molecule has 1 fully saturated rings. The van der Waals surface area contributed by atoms with Gasteiger partial charge >= 0.3 is 17.9 Å². The molecule has 10 heteroatoms. The smallest absolute Gasteiger partial charge is 0.344 e. The molecular weight excluding hydrogens is 446 g/mol. The van der Waals surface area contributed by atoms with Crippen molar-refractivity contribution in [3.05, 3.63) is 35.1 Å². The molecule has 10 nitrogen and oxygen atoms in total. The lowest BCUT2D eigenvalue weighted by molar-refractivity contribution is -0.170. The predicted molar refractivity (Wildman–Crippen MR) is 115 cm³/mol. The van der Waals surface area contributed by atoms with Gasteiger partial charge in [-0.2, -0.15) is 0 Å². The van der Waals surface area contributed by atoms with E-state index in [0.29, 0.717) is 25.1 Å². The van der Waals surface area contributed by atoms with E-state index in [1.807, 2.05) is 13.1 Å². The molecule has 1 spiro atoms. The van der Waals surface area contributed by atoms with Gasteiger partial charge in [0, 0.05) is 18.0 Å². The van der Waals surface area contributed by atoms with Crippen molar-refractivity contribution in [3.8, 4) is 11.5 Å². The van der Waals surface area contributed by atoms with Crippen LogP contribution in [0.1, 0.15) is 43.7 Å². The summed E-state index contributed by atoms with van der Waals surface area (Å²) in [5.41, 5.74) is -0.244. The van der Waals surface area contributed by atoms with E-state index in [9.17, 15) is 24.6 Å². The van der Waals surface area contributed by atoms with Gasteiger partial charge in [-0.05, 0) is 51.1 Å². The third-order valence-electron chi connectivity index (χ3n) is 7.77. The van der Waals surface area contributed by atoms with E-state index in [1.54, 1.807) is 12.1 Å². The quantitative estimate of drug-likeness (QED) is 0.512. The van der Waals surface area contributed by atoms with Crippen LogP contribution in [0.3, 0.4) is 0 Å². The number of benzene rings is 1. The van der Waals surface area contributed by atoms with Crippen LogP contribution in [-0.4, -0.2) is 75.6 Å². The van der Waals surface area contributed by atoms with Crippen LogP contribution in [0.15, 0.2) is 24.0 Å². The van der Waals surface area contributed by atoms with Gasteiger partial charge in [0.05, 0.1) is 23.9 Å². The molecule has 1 aromatic rings. The summed E-state index contributed by atoms with van der Waals surface area (Å²) in [7, 11) is 1.98. The Bertz CT molecular complexity index is 1110. The minimum atomic E-state index is -1.31. The van der Waals surface area contributed by atoms with Crippen molar-refractivity contribution in [3.63, 3.8) is 0 Å². The number of carboxylic acid groups (broad SMARTS) is 1. The van der Waals surface area contributed by atoms with Gasteiger partial charge in [-0.1, -0.05) is 6.07 Å². The Balaban J connectivity index is 1.40. The van der Waals surface area contributed by atoms with E-state index in [-0.39, 0.29) is 36.8 Å². The van der Waals surface area contributed by atoms with Crippen LogP contribution < -0.4 is 4.74 Å². The maximum absolute atomic E-state index is 12.6. The number of hydrogen-bond donors (Lipinski definition) is 3. The van der Waals surface area contributed by atoms with Gasteiger partial charge in [-0.25, -0.2) is 4.79 Å². The number of esters is 2. The highest BCUT2D eigenvalue weighted by atomic mass is 16.6. The lowest BCUT2D eigenvalue weighted by Crippen LogP contribution is -2.74. The molecule has 0 amide bonds. The van der Waals surface area contributed by atoms with Gasteiger partial charge < -0.3 is 34.4 Å². The van der Waals surface area contributed by atoms with Crippen LogP contribution in [0.5, 0.6) is 11.5 Å². The number of piperidine rings is 1. The highest BCUT2D eigenvalue weighted by molar-refractivity contribution is 5.81. The second-order valence-corrected chi connectivity index (χ2v) is 9.55.